The Kier molecular flexibility index (Phi) is 9.07. The Morgan fingerprint density at radius 1 is 1.25 bits per heavy atom. The van der Waals surface area contributed by atoms with Gasteiger partial charge in [-0.2, -0.15) is 0 Å². The fourth-order valence-electron chi connectivity index (χ4n) is 2.87. The maximum absolute atomic E-state index is 11.9. The number of nitrogens with two attached hydrogens (primary N) is 1. The van der Waals surface area contributed by atoms with Crippen LogP contribution in [0.2, 0.25) is 0 Å². The van der Waals surface area contributed by atoms with Gasteiger partial charge in [0.2, 0.25) is 5.91 Å². The normalized spacial score (nSPS) is 23.2. The number of halogens is 2. The predicted molar refractivity (Wildman–Crippen MR) is 87.7 cm³/mol. The summed E-state index contributed by atoms with van der Waals surface area (Å²) in [7, 11) is 2.21. The summed E-state index contributed by atoms with van der Waals surface area (Å²) >= 11 is 0. The van der Waals surface area contributed by atoms with E-state index in [1.807, 2.05) is 11.8 Å². The van der Waals surface area contributed by atoms with Gasteiger partial charge in [-0.05, 0) is 45.1 Å². The Morgan fingerprint density at radius 3 is 2.40 bits per heavy atom. The number of hydrogen-bond donors (Lipinski definition) is 1. The number of carbonyl (C=O) groups is 1. The molecular formula is C14H29Cl2N3O. The van der Waals surface area contributed by atoms with Gasteiger partial charge in [-0.1, -0.05) is 0 Å². The molecule has 2 atom stereocenters. The zero-order valence-electron chi connectivity index (χ0n) is 12.6. The minimum Gasteiger partial charge on any atom is -0.342 e. The molecule has 0 aromatic carbocycles. The molecular weight excluding hydrogens is 297 g/mol. The first kappa shape index (κ1) is 20.0. The van der Waals surface area contributed by atoms with E-state index in [9.17, 15) is 4.79 Å². The van der Waals surface area contributed by atoms with E-state index in [-0.39, 0.29) is 36.8 Å². The van der Waals surface area contributed by atoms with E-state index in [1.165, 1.54) is 19.4 Å². The Morgan fingerprint density at radius 2 is 1.85 bits per heavy atom. The molecule has 1 saturated heterocycles. The average Bonchev–Trinajstić information content (AvgIpc) is 2.93. The second kappa shape index (κ2) is 9.08. The molecule has 2 rings (SSSR count). The third-order valence-electron chi connectivity index (χ3n) is 3.97. The molecule has 120 valence electrons. The molecule has 1 aliphatic carbocycles. The van der Waals surface area contributed by atoms with Gasteiger partial charge in [0.25, 0.3) is 0 Å². The van der Waals surface area contributed by atoms with Crippen LogP contribution in [0.4, 0.5) is 0 Å². The lowest BCUT2D eigenvalue weighted by molar-refractivity contribution is -0.130. The second-order valence-electron chi connectivity index (χ2n) is 6.34. The molecule has 4 nitrogen and oxygen atoms in total. The SMILES string of the molecule is CC(N)CC(=O)N1CCC(CN(C)CC2CC2)C1.Cl.Cl. The monoisotopic (exact) mass is 325 g/mol. The molecule has 20 heavy (non-hydrogen) atoms. The van der Waals surface area contributed by atoms with Crippen molar-refractivity contribution in [1.29, 1.82) is 0 Å². The molecule has 2 fully saturated rings. The van der Waals surface area contributed by atoms with Crippen molar-refractivity contribution < 1.29 is 4.79 Å². The van der Waals surface area contributed by atoms with Crippen molar-refractivity contribution in [2.24, 2.45) is 17.6 Å². The maximum Gasteiger partial charge on any atom is 0.224 e. The lowest BCUT2D eigenvalue weighted by atomic mass is 10.1. The summed E-state index contributed by atoms with van der Waals surface area (Å²) in [4.78, 5) is 16.4. The van der Waals surface area contributed by atoms with Crippen molar-refractivity contribution in [3.8, 4) is 0 Å². The molecule has 1 saturated carbocycles. The summed E-state index contributed by atoms with van der Waals surface area (Å²) in [6, 6.07) is -0.0194. The maximum atomic E-state index is 11.9. The van der Waals surface area contributed by atoms with E-state index in [4.69, 9.17) is 5.73 Å². The predicted octanol–water partition coefficient (Wildman–Crippen LogP) is 1.76. The Hall–Kier alpha value is -0.0300. The standard InChI is InChI=1S/C14H27N3O.2ClH/c1-11(15)7-14(18)17-6-5-13(10-17)9-16(2)8-12-3-4-12;;/h11-13H,3-10,15H2,1-2H3;2*1H. The molecule has 1 heterocycles. The van der Waals surface area contributed by atoms with Crippen LogP contribution in [-0.2, 0) is 4.79 Å². The van der Waals surface area contributed by atoms with Gasteiger partial charge in [-0.3, -0.25) is 4.79 Å². The summed E-state index contributed by atoms with van der Waals surface area (Å²) in [6.45, 7) is 6.13. The molecule has 2 unspecified atom stereocenters. The lowest BCUT2D eigenvalue weighted by Gasteiger charge is -2.21. The third kappa shape index (κ3) is 6.61. The van der Waals surface area contributed by atoms with Crippen LogP contribution in [0.25, 0.3) is 0 Å². The van der Waals surface area contributed by atoms with Crippen LogP contribution in [0.1, 0.15) is 32.6 Å². The highest BCUT2D eigenvalue weighted by molar-refractivity contribution is 5.85. The average molecular weight is 326 g/mol. The van der Waals surface area contributed by atoms with Crippen molar-refractivity contribution in [3.63, 3.8) is 0 Å². The van der Waals surface area contributed by atoms with Gasteiger partial charge in [0.15, 0.2) is 0 Å². The number of nitrogens with zero attached hydrogens (tertiary/aromatic N) is 2. The van der Waals surface area contributed by atoms with Crippen molar-refractivity contribution in [3.05, 3.63) is 0 Å². The highest BCUT2D eigenvalue weighted by Gasteiger charge is 2.29. The zero-order chi connectivity index (χ0) is 13.1. The smallest absolute Gasteiger partial charge is 0.224 e. The van der Waals surface area contributed by atoms with Crippen molar-refractivity contribution in [2.75, 3.05) is 33.2 Å². The highest BCUT2D eigenvalue weighted by Crippen LogP contribution is 2.30. The molecule has 0 spiro atoms. The summed E-state index contributed by atoms with van der Waals surface area (Å²) in [6.07, 6.45) is 4.46. The Labute approximate surface area is 135 Å². The van der Waals surface area contributed by atoms with Crippen LogP contribution in [0.15, 0.2) is 0 Å². The lowest BCUT2D eigenvalue weighted by Crippen LogP contribution is -2.34. The highest BCUT2D eigenvalue weighted by atomic mass is 35.5. The largest absolute Gasteiger partial charge is 0.342 e. The molecule has 0 aromatic heterocycles. The van der Waals surface area contributed by atoms with E-state index in [0.717, 1.165) is 32.0 Å². The number of amides is 1. The number of hydrogen-bond acceptors (Lipinski definition) is 3. The van der Waals surface area contributed by atoms with Gasteiger partial charge in [0.1, 0.15) is 0 Å². The molecule has 6 heteroatoms. The molecule has 1 amide bonds. The fraction of sp³-hybridized carbons (Fsp3) is 0.929. The summed E-state index contributed by atoms with van der Waals surface area (Å²) in [5, 5.41) is 0. The molecule has 0 radical (unpaired) electrons. The van der Waals surface area contributed by atoms with Crippen LogP contribution in [0.5, 0.6) is 0 Å². The van der Waals surface area contributed by atoms with Gasteiger partial charge in [0.05, 0.1) is 0 Å². The van der Waals surface area contributed by atoms with Crippen LogP contribution in [0.3, 0.4) is 0 Å². The first-order valence-corrected chi connectivity index (χ1v) is 7.26. The zero-order valence-corrected chi connectivity index (χ0v) is 14.2. The molecule has 1 aliphatic heterocycles. The Bertz CT molecular complexity index is 298. The van der Waals surface area contributed by atoms with Crippen LogP contribution < -0.4 is 5.73 Å². The van der Waals surface area contributed by atoms with E-state index >= 15 is 0 Å². The first-order valence-electron chi connectivity index (χ1n) is 7.26. The van der Waals surface area contributed by atoms with E-state index in [0.29, 0.717) is 12.3 Å². The van der Waals surface area contributed by atoms with E-state index in [2.05, 4.69) is 11.9 Å². The Balaban J connectivity index is 0.00000180. The van der Waals surface area contributed by atoms with Crippen molar-refractivity contribution in [2.45, 2.75) is 38.6 Å². The summed E-state index contributed by atoms with van der Waals surface area (Å²) < 4.78 is 0. The van der Waals surface area contributed by atoms with Crippen molar-refractivity contribution >= 4 is 30.7 Å². The van der Waals surface area contributed by atoms with E-state index < -0.39 is 0 Å². The van der Waals surface area contributed by atoms with Crippen LogP contribution in [-0.4, -0.2) is 55.0 Å². The van der Waals surface area contributed by atoms with Crippen LogP contribution in [0, 0.1) is 11.8 Å². The van der Waals surface area contributed by atoms with E-state index in [1.54, 1.807) is 0 Å². The summed E-state index contributed by atoms with van der Waals surface area (Å²) in [5.41, 5.74) is 5.68. The fourth-order valence-corrected chi connectivity index (χ4v) is 2.87. The van der Waals surface area contributed by atoms with Gasteiger partial charge in [-0.15, -0.1) is 24.8 Å². The quantitative estimate of drug-likeness (QED) is 0.809. The number of carbonyl (C=O) groups excluding carboxylic acids is 1. The minimum atomic E-state index is -0.0194. The van der Waals surface area contributed by atoms with Gasteiger partial charge >= 0.3 is 0 Å². The van der Waals surface area contributed by atoms with Gasteiger partial charge in [0, 0.05) is 38.6 Å². The molecule has 0 bridgehead atoms. The molecule has 2 aliphatic rings. The topological polar surface area (TPSA) is 49.6 Å². The molecule has 2 N–H and O–H groups in total. The third-order valence-corrected chi connectivity index (χ3v) is 3.97. The summed E-state index contributed by atoms with van der Waals surface area (Å²) in [5.74, 6) is 1.84. The second-order valence-corrected chi connectivity index (χ2v) is 6.34. The molecule has 0 aromatic rings. The van der Waals surface area contributed by atoms with Gasteiger partial charge < -0.3 is 15.5 Å². The first-order chi connectivity index (χ1) is 8.54. The minimum absolute atomic E-state index is 0. The van der Waals surface area contributed by atoms with Crippen molar-refractivity contribution in [1.82, 2.24) is 9.80 Å². The number of likely N-dealkylation sites (tertiary alicyclic amines) is 1. The van der Waals surface area contributed by atoms with Crippen LogP contribution >= 0.6 is 24.8 Å². The number of rotatable bonds is 6. The van der Waals surface area contributed by atoms with Gasteiger partial charge in [-0.25, -0.2) is 0 Å².